The fraction of sp³-hybridized carbons (Fsp3) is 1.00. The average molecular weight is 243 g/mol. The highest BCUT2D eigenvalue weighted by Crippen LogP contribution is 2.37. The van der Waals surface area contributed by atoms with Crippen LogP contribution in [-0.2, 0) is 9.47 Å². The van der Waals surface area contributed by atoms with Gasteiger partial charge in [-0.1, -0.05) is 27.7 Å². The van der Waals surface area contributed by atoms with Gasteiger partial charge in [-0.15, -0.1) is 0 Å². The van der Waals surface area contributed by atoms with Gasteiger partial charge in [-0.25, -0.2) is 0 Å². The predicted molar refractivity (Wildman–Crippen MR) is 71.3 cm³/mol. The van der Waals surface area contributed by atoms with Crippen molar-refractivity contribution < 1.29 is 9.47 Å². The zero-order chi connectivity index (χ0) is 12.9. The molecular weight excluding hydrogens is 214 g/mol. The Labute approximate surface area is 106 Å². The van der Waals surface area contributed by atoms with Gasteiger partial charge in [0.2, 0.25) is 0 Å². The van der Waals surface area contributed by atoms with Crippen LogP contribution in [0.5, 0.6) is 0 Å². The summed E-state index contributed by atoms with van der Waals surface area (Å²) in [6.45, 7) is 14.5. The molecule has 1 fully saturated rings. The van der Waals surface area contributed by atoms with Gasteiger partial charge in [0, 0.05) is 38.7 Å². The van der Waals surface area contributed by atoms with Crippen molar-refractivity contribution in [2.24, 2.45) is 5.41 Å². The molecule has 1 atom stereocenters. The van der Waals surface area contributed by atoms with E-state index in [9.17, 15) is 0 Å². The minimum Gasteiger partial charge on any atom is -0.381 e. The zero-order valence-corrected chi connectivity index (χ0v) is 12.1. The standard InChI is InChI=1S/C14H29NO2/c1-6-15-12(13(3,4)5)14(17-7-2)8-10-16-11-9-14/h12,15H,6-11H2,1-5H3. The van der Waals surface area contributed by atoms with Gasteiger partial charge in [-0.3, -0.25) is 0 Å². The van der Waals surface area contributed by atoms with Crippen LogP contribution in [0.1, 0.15) is 47.5 Å². The zero-order valence-electron chi connectivity index (χ0n) is 12.1. The SMILES string of the molecule is CCNC(C(C)(C)C)C1(OCC)CCOCC1. The summed E-state index contributed by atoms with van der Waals surface area (Å²) >= 11 is 0. The molecule has 0 aromatic heterocycles. The highest BCUT2D eigenvalue weighted by molar-refractivity contribution is 5.00. The number of likely N-dealkylation sites (N-methyl/N-ethyl adjacent to an activating group) is 1. The van der Waals surface area contributed by atoms with Gasteiger partial charge in [-0.2, -0.15) is 0 Å². The molecule has 1 saturated heterocycles. The third kappa shape index (κ3) is 3.67. The molecule has 0 spiro atoms. The first-order valence-electron chi connectivity index (χ1n) is 6.91. The summed E-state index contributed by atoms with van der Waals surface area (Å²) in [4.78, 5) is 0. The summed E-state index contributed by atoms with van der Waals surface area (Å²) < 4.78 is 11.7. The molecule has 17 heavy (non-hydrogen) atoms. The number of nitrogens with one attached hydrogen (secondary N) is 1. The lowest BCUT2D eigenvalue weighted by molar-refractivity contribution is -0.143. The molecule has 1 unspecified atom stereocenters. The van der Waals surface area contributed by atoms with Crippen molar-refractivity contribution >= 4 is 0 Å². The molecule has 1 N–H and O–H groups in total. The summed E-state index contributed by atoms with van der Waals surface area (Å²) in [6, 6.07) is 0.379. The second-order valence-electron chi connectivity index (χ2n) is 5.97. The molecule has 1 aliphatic heterocycles. The second kappa shape index (κ2) is 6.17. The fourth-order valence-corrected chi connectivity index (χ4v) is 3.01. The molecule has 1 heterocycles. The van der Waals surface area contributed by atoms with E-state index in [0.717, 1.165) is 39.2 Å². The van der Waals surface area contributed by atoms with Crippen LogP contribution in [0.2, 0.25) is 0 Å². The van der Waals surface area contributed by atoms with Crippen LogP contribution in [0.25, 0.3) is 0 Å². The Morgan fingerprint density at radius 3 is 2.24 bits per heavy atom. The predicted octanol–water partition coefficient (Wildman–Crippen LogP) is 2.60. The van der Waals surface area contributed by atoms with Crippen LogP contribution in [-0.4, -0.2) is 38.0 Å². The lowest BCUT2D eigenvalue weighted by Gasteiger charge is -2.49. The largest absolute Gasteiger partial charge is 0.381 e. The fourth-order valence-electron chi connectivity index (χ4n) is 3.01. The van der Waals surface area contributed by atoms with Gasteiger partial charge in [0.1, 0.15) is 0 Å². The van der Waals surface area contributed by atoms with E-state index in [1.807, 2.05) is 0 Å². The molecule has 1 rings (SSSR count). The molecule has 102 valence electrons. The Balaban J connectivity index is 2.90. The van der Waals surface area contributed by atoms with E-state index in [-0.39, 0.29) is 11.0 Å². The summed E-state index contributed by atoms with van der Waals surface area (Å²) in [5, 5.41) is 3.64. The van der Waals surface area contributed by atoms with Crippen molar-refractivity contribution in [1.82, 2.24) is 5.32 Å². The molecule has 0 radical (unpaired) electrons. The van der Waals surface area contributed by atoms with Crippen molar-refractivity contribution in [3.63, 3.8) is 0 Å². The maximum Gasteiger partial charge on any atom is 0.0883 e. The number of hydrogen-bond donors (Lipinski definition) is 1. The first-order valence-corrected chi connectivity index (χ1v) is 6.91. The Bertz CT molecular complexity index is 211. The lowest BCUT2D eigenvalue weighted by Crippen LogP contribution is -2.60. The lowest BCUT2D eigenvalue weighted by atomic mass is 9.72. The Hall–Kier alpha value is -0.120. The van der Waals surface area contributed by atoms with Crippen LogP contribution < -0.4 is 5.32 Å². The van der Waals surface area contributed by atoms with E-state index in [1.54, 1.807) is 0 Å². The van der Waals surface area contributed by atoms with Gasteiger partial charge in [0.25, 0.3) is 0 Å². The maximum absolute atomic E-state index is 6.17. The van der Waals surface area contributed by atoms with E-state index in [4.69, 9.17) is 9.47 Å². The molecule has 0 aliphatic carbocycles. The quantitative estimate of drug-likeness (QED) is 0.805. The molecular formula is C14H29NO2. The molecule has 0 amide bonds. The van der Waals surface area contributed by atoms with Crippen LogP contribution in [0.15, 0.2) is 0 Å². The minimum atomic E-state index is -0.0543. The van der Waals surface area contributed by atoms with Crippen LogP contribution >= 0.6 is 0 Å². The molecule has 0 aromatic carbocycles. The number of hydrogen-bond acceptors (Lipinski definition) is 3. The third-order valence-corrected chi connectivity index (χ3v) is 3.57. The number of rotatable bonds is 5. The van der Waals surface area contributed by atoms with E-state index < -0.39 is 0 Å². The van der Waals surface area contributed by atoms with E-state index in [2.05, 4.69) is 39.9 Å². The molecule has 1 aliphatic rings. The van der Waals surface area contributed by atoms with Crippen molar-refractivity contribution in [2.45, 2.75) is 59.1 Å². The van der Waals surface area contributed by atoms with Crippen LogP contribution in [0.4, 0.5) is 0 Å². The van der Waals surface area contributed by atoms with Crippen molar-refractivity contribution in [1.29, 1.82) is 0 Å². The van der Waals surface area contributed by atoms with E-state index in [1.165, 1.54) is 0 Å². The Kier molecular flexibility index (Phi) is 5.42. The normalized spacial score (nSPS) is 22.4. The van der Waals surface area contributed by atoms with Gasteiger partial charge < -0.3 is 14.8 Å². The maximum atomic E-state index is 6.17. The summed E-state index contributed by atoms with van der Waals surface area (Å²) in [5.74, 6) is 0. The first-order chi connectivity index (χ1) is 7.96. The summed E-state index contributed by atoms with van der Waals surface area (Å²) in [5.41, 5.74) is 0.143. The second-order valence-corrected chi connectivity index (χ2v) is 5.97. The molecule has 0 aromatic rings. The Morgan fingerprint density at radius 1 is 1.24 bits per heavy atom. The molecule has 3 heteroatoms. The van der Waals surface area contributed by atoms with Crippen molar-refractivity contribution in [3.05, 3.63) is 0 Å². The third-order valence-electron chi connectivity index (χ3n) is 3.57. The highest BCUT2D eigenvalue weighted by Gasteiger charge is 2.46. The van der Waals surface area contributed by atoms with Crippen molar-refractivity contribution in [2.75, 3.05) is 26.4 Å². The van der Waals surface area contributed by atoms with Gasteiger partial charge in [-0.05, 0) is 18.9 Å². The van der Waals surface area contributed by atoms with Gasteiger partial charge in [0.15, 0.2) is 0 Å². The smallest absolute Gasteiger partial charge is 0.0883 e. The van der Waals surface area contributed by atoms with E-state index >= 15 is 0 Å². The average Bonchev–Trinajstić information content (AvgIpc) is 2.26. The van der Waals surface area contributed by atoms with E-state index in [0.29, 0.717) is 6.04 Å². The molecule has 3 nitrogen and oxygen atoms in total. The first kappa shape index (κ1) is 14.9. The topological polar surface area (TPSA) is 30.5 Å². The van der Waals surface area contributed by atoms with Crippen LogP contribution in [0, 0.1) is 5.41 Å². The van der Waals surface area contributed by atoms with Crippen molar-refractivity contribution in [3.8, 4) is 0 Å². The summed E-state index contributed by atoms with van der Waals surface area (Å²) in [7, 11) is 0. The molecule has 0 bridgehead atoms. The molecule has 0 saturated carbocycles. The van der Waals surface area contributed by atoms with Crippen LogP contribution in [0.3, 0.4) is 0 Å². The summed E-state index contributed by atoms with van der Waals surface area (Å²) in [6.07, 6.45) is 1.99. The number of ether oxygens (including phenoxy) is 2. The van der Waals surface area contributed by atoms with Gasteiger partial charge >= 0.3 is 0 Å². The highest BCUT2D eigenvalue weighted by atomic mass is 16.5. The monoisotopic (exact) mass is 243 g/mol. The minimum absolute atomic E-state index is 0.0543. The Morgan fingerprint density at radius 2 is 1.82 bits per heavy atom. The van der Waals surface area contributed by atoms with Gasteiger partial charge in [0.05, 0.1) is 5.60 Å².